The van der Waals surface area contributed by atoms with Gasteiger partial charge in [-0.1, -0.05) is 28.8 Å². The Morgan fingerprint density at radius 3 is 2.45 bits per heavy atom. The van der Waals surface area contributed by atoms with Crippen molar-refractivity contribution in [3.8, 4) is 0 Å². The first-order valence-electron chi connectivity index (χ1n) is 6.41. The van der Waals surface area contributed by atoms with Gasteiger partial charge in [-0.3, -0.25) is 9.59 Å². The van der Waals surface area contributed by atoms with Crippen molar-refractivity contribution in [1.29, 1.82) is 0 Å². The summed E-state index contributed by atoms with van der Waals surface area (Å²) < 4.78 is 1.66. The molecule has 1 aliphatic rings. The predicted molar refractivity (Wildman–Crippen MR) is 83.6 cm³/mol. The van der Waals surface area contributed by atoms with Crippen LogP contribution in [0.15, 0.2) is 27.1 Å². The van der Waals surface area contributed by atoms with Gasteiger partial charge in [-0.2, -0.15) is 0 Å². The molecule has 20 heavy (non-hydrogen) atoms. The lowest BCUT2D eigenvalue weighted by molar-refractivity contribution is -0.150. The summed E-state index contributed by atoms with van der Waals surface area (Å²) in [6, 6.07) is 5.43. The molecule has 2 N–H and O–H groups in total. The van der Waals surface area contributed by atoms with Gasteiger partial charge in [-0.05, 0) is 47.0 Å². The fourth-order valence-electron chi connectivity index (χ4n) is 2.61. The summed E-state index contributed by atoms with van der Waals surface area (Å²) in [5, 5.41) is 12.1. The highest BCUT2D eigenvalue weighted by Gasteiger charge is 2.42. The number of aliphatic carboxylic acids is 1. The molecule has 0 radical (unpaired) electrons. The van der Waals surface area contributed by atoms with Crippen LogP contribution < -0.4 is 5.32 Å². The molecule has 0 atom stereocenters. The zero-order chi connectivity index (χ0) is 14.8. The molecule has 1 aromatic carbocycles. The molecular weight excluding hydrogens is 390 g/mol. The van der Waals surface area contributed by atoms with Crippen LogP contribution in [0.3, 0.4) is 0 Å². The molecule has 1 amide bonds. The standard InChI is InChI=1S/C14H15Br2NO3/c15-9-3-4-11(10(16)7-9)17-12(18)8-14(13(19)20)5-1-2-6-14/h3-4,7H,1-2,5-6,8H2,(H,17,18)(H,19,20). The van der Waals surface area contributed by atoms with Crippen LogP contribution in [0.2, 0.25) is 0 Å². The van der Waals surface area contributed by atoms with Gasteiger partial charge >= 0.3 is 5.97 Å². The zero-order valence-electron chi connectivity index (χ0n) is 10.8. The van der Waals surface area contributed by atoms with E-state index in [9.17, 15) is 14.7 Å². The van der Waals surface area contributed by atoms with Gasteiger partial charge in [0, 0.05) is 15.4 Å². The first kappa shape index (κ1) is 15.5. The van der Waals surface area contributed by atoms with Gasteiger partial charge in [0.2, 0.25) is 5.91 Å². The molecule has 2 rings (SSSR count). The number of benzene rings is 1. The van der Waals surface area contributed by atoms with Crippen LogP contribution in [-0.2, 0) is 9.59 Å². The number of nitrogens with one attached hydrogen (secondary N) is 1. The van der Waals surface area contributed by atoms with Crippen LogP contribution in [0, 0.1) is 5.41 Å². The van der Waals surface area contributed by atoms with E-state index in [0.717, 1.165) is 21.8 Å². The summed E-state index contributed by atoms with van der Waals surface area (Å²) in [4.78, 5) is 23.5. The third-order valence-electron chi connectivity index (χ3n) is 3.72. The molecule has 0 bridgehead atoms. The number of carboxylic acid groups (broad SMARTS) is 1. The molecule has 0 saturated heterocycles. The summed E-state index contributed by atoms with van der Waals surface area (Å²) >= 11 is 6.71. The fraction of sp³-hybridized carbons (Fsp3) is 0.429. The van der Waals surface area contributed by atoms with Crippen molar-refractivity contribution in [3.05, 3.63) is 27.1 Å². The molecule has 1 saturated carbocycles. The quantitative estimate of drug-likeness (QED) is 0.790. The minimum atomic E-state index is -0.883. The van der Waals surface area contributed by atoms with Gasteiger partial charge in [0.1, 0.15) is 0 Å². The molecule has 0 heterocycles. The van der Waals surface area contributed by atoms with E-state index in [1.807, 2.05) is 12.1 Å². The third kappa shape index (κ3) is 3.41. The molecular formula is C14H15Br2NO3. The van der Waals surface area contributed by atoms with Gasteiger partial charge in [0.05, 0.1) is 11.1 Å². The maximum Gasteiger partial charge on any atom is 0.310 e. The van der Waals surface area contributed by atoms with Gasteiger partial charge in [-0.15, -0.1) is 0 Å². The van der Waals surface area contributed by atoms with Crippen molar-refractivity contribution in [2.75, 3.05) is 5.32 Å². The van der Waals surface area contributed by atoms with Crippen molar-refractivity contribution in [2.24, 2.45) is 5.41 Å². The zero-order valence-corrected chi connectivity index (χ0v) is 14.0. The van der Waals surface area contributed by atoms with Crippen molar-refractivity contribution in [3.63, 3.8) is 0 Å². The molecule has 6 heteroatoms. The monoisotopic (exact) mass is 403 g/mol. The lowest BCUT2D eigenvalue weighted by atomic mass is 9.82. The summed E-state index contributed by atoms with van der Waals surface area (Å²) in [5.74, 6) is -1.11. The van der Waals surface area contributed by atoms with E-state index in [2.05, 4.69) is 37.2 Å². The van der Waals surface area contributed by atoms with E-state index < -0.39 is 11.4 Å². The second-order valence-corrected chi connectivity index (χ2v) is 6.91. The molecule has 1 aromatic rings. The third-order valence-corrected chi connectivity index (χ3v) is 4.87. The molecule has 0 spiro atoms. The van der Waals surface area contributed by atoms with E-state index >= 15 is 0 Å². The van der Waals surface area contributed by atoms with Gasteiger partial charge in [-0.25, -0.2) is 0 Å². The number of rotatable bonds is 4. The molecule has 108 valence electrons. The average molecular weight is 405 g/mol. The van der Waals surface area contributed by atoms with Crippen LogP contribution in [0.1, 0.15) is 32.1 Å². The molecule has 1 aliphatic carbocycles. The Bertz CT molecular complexity index is 539. The minimum absolute atomic E-state index is 0.0326. The average Bonchev–Trinajstić information content (AvgIpc) is 2.82. The number of halogens is 2. The number of hydrogen-bond donors (Lipinski definition) is 2. The van der Waals surface area contributed by atoms with Crippen LogP contribution >= 0.6 is 31.9 Å². The molecule has 0 aliphatic heterocycles. The van der Waals surface area contributed by atoms with Crippen LogP contribution in [0.5, 0.6) is 0 Å². The Balaban J connectivity index is 2.07. The highest BCUT2D eigenvalue weighted by molar-refractivity contribution is 9.11. The normalized spacial score (nSPS) is 16.9. The Morgan fingerprint density at radius 2 is 1.90 bits per heavy atom. The Hall–Kier alpha value is -0.880. The van der Waals surface area contributed by atoms with Crippen molar-refractivity contribution in [2.45, 2.75) is 32.1 Å². The van der Waals surface area contributed by atoms with E-state index in [4.69, 9.17) is 0 Å². The number of carboxylic acids is 1. The molecule has 0 aromatic heterocycles. The lowest BCUT2D eigenvalue weighted by Gasteiger charge is -2.23. The lowest BCUT2D eigenvalue weighted by Crippen LogP contribution is -2.32. The second-order valence-electron chi connectivity index (χ2n) is 5.14. The van der Waals surface area contributed by atoms with Gasteiger partial charge in [0.15, 0.2) is 0 Å². The van der Waals surface area contributed by atoms with E-state index in [1.54, 1.807) is 6.07 Å². The Morgan fingerprint density at radius 1 is 1.25 bits per heavy atom. The molecule has 4 nitrogen and oxygen atoms in total. The Labute approximate surface area is 134 Å². The topological polar surface area (TPSA) is 66.4 Å². The number of carbonyl (C=O) groups excluding carboxylic acids is 1. The van der Waals surface area contributed by atoms with E-state index in [-0.39, 0.29) is 12.3 Å². The van der Waals surface area contributed by atoms with E-state index in [0.29, 0.717) is 18.5 Å². The number of hydrogen-bond acceptors (Lipinski definition) is 2. The summed E-state index contributed by atoms with van der Waals surface area (Å²) in [7, 11) is 0. The van der Waals surface area contributed by atoms with Crippen molar-refractivity contribution >= 4 is 49.4 Å². The van der Waals surface area contributed by atoms with Gasteiger partial charge < -0.3 is 10.4 Å². The number of carbonyl (C=O) groups is 2. The second kappa shape index (κ2) is 6.26. The highest BCUT2D eigenvalue weighted by atomic mass is 79.9. The maximum atomic E-state index is 12.1. The van der Waals surface area contributed by atoms with Crippen molar-refractivity contribution in [1.82, 2.24) is 0 Å². The maximum absolute atomic E-state index is 12.1. The largest absolute Gasteiger partial charge is 0.481 e. The van der Waals surface area contributed by atoms with Crippen LogP contribution in [0.4, 0.5) is 5.69 Å². The number of amides is 1. The smallest absolute Gasteiger partial charge is 0.310 e. The summed E-state index contributed by atoms with van der Waals surface area (Å²) in [6.45, 7) is 0. The Kier molecular flexibility index (Phi) is 4.86. The van der Waals surface area contributed by atoms with Crippen molar-refractivity contribution < 1.29 is 14.7 Å². The first-order chi connectivity index (χ1) is 9.43. The molecule has 0 unspecified atom stereocenters. The summed E-state index contributed by atoms with van der Waals surface area (Å²) in [6.07, 6.45) is 2.95. The predicted octanol–water partition coefficient (Wildman–Crippen LogP) is 4.19. The van der Waals surface area contributed by atoms with Gasteiger partial charge in [0.25, 0.3) is 0 Å². The number of anilines is 1. The van der Waals surface area contributed by atoms with E-state index in [1.165, 1.54) is 0 Å². The first-order valence-corrected chi connectivity index (χ1v) is 8.00. The minimum Gasteiger partial charge on any atom is -0.481 e. The highest BCUT2D eigenvalue weighted by Crippen LogP contribution is 2.41. The summed E-state index contributed by atoms with van der Waals surface area (Å²) in [5.41, 5.74) is -0.233. The molecule has 1 fully saturated rings. The van der Waals surface area contributed by atoms with Crippen LogP contribution in [-0.4, -0.2) is 17.0 Å². The fourth-order valence-corrected chi connectivity index (χ4v) is 3.76. The van der Waals surface area contributed by atoms with Crippen LogP contribution in [0.25, 0.3) is 0 Å². The SMILES string of the molecule is O=C(CC1(C(=O)O)CCCC1)Nc1ccc(Br)cc1Br.